The van der Waals surface area contributed by atoms with Crippen molar-refractivity contribution in [2.24, 2.45) is 0 Å². The molecule has 0 saturated carbocycles. The summed E-state index contributed by atoms with van der Waals surface area (Å²) in [6.45, 7) is 1.75. The van der Waals surface area contributed by atoms with E-state index < -0.39 is 17.5 Å². The maximum Gasteiger partial charge on any atom is 0.194 e. The fourth-order valence-electron chi connectivity index (χ4n) is 1.54. The van der Waals surface area contributed by atoms with Crippen molar-refractivity contribution >= 4 is 28.4 Å². The van der Waals surface area contributed by atoms with Crippen molar-refractivity contribution in [3.8, 4) is 11.4 Å². The first-order valence-electron chi connectivity index (χ1n) is 5.31. The van der Waals surface area contributed by atoms with Crippen LogP contribution >= 0.6 is 22.6 Å². The SMILES string of the molecule is CNc1nc(-c2cc(F)c(F)c(F)c2)nc(C)c1I. The topological polar surface area (TPSA) is 37.8 Å². The van der Waals surface area contributed by atoms with E-state index in [1.807, 2.05) is 0 Å². The molecule has 2 rings (SSSR count). The highest BCUT2D eigenvalue weighted by Crippen LogP contribution is 2.25. The van der Waals surface area contributed by atoms with Crippen LogP contribution in [0.3, 0.4) is 0 Å². The van der Waals surface area contributed by atoms with Crippen molar-refractivity contribution in [1.82, 2.24) is 9.97 Å². The monoisotopic (exact) mass is 379 g/mol. The van der Waals surface area contributed by atoms with E-state index in [-0.39, 0.29) is 11.4 Å². The standard InChI is InChI=1S/C12H9F3IN3/c1-5-10(16)12(17-2)19-11(18-5)6-3-7(13)9(15)8(14)4-6/h3-4H,1-2H3,(H,17,18,19). The molecule has 0 aliphatic carbocycles. The highest BCUT2D eigenvalue weighted by atomic mass is 127. The van der Waals surface area contributed by atoms with E-state index in [1.54, 1.807) is 14.0 Å². The molecule has 0 aliphatic rings. The van der Waals surface area contributed by atoms with E-state index in [0.717, 1.165) is 15.7 Å². The molecule has 0 unspecified atom stereocenters. The highest BCUT2D eigenvalue weighted by molar-refractivity contribution is 14.1. The van der Waals surface area contributed by atoms with Crippen LogP contribution in [0.5, 0.6) is 0 Å². The van der Waals surface area contributed by atoms with Gasteiger partial charge in [0, 0.05) is 12.6 Å². The molecule has 0 radical (unpaired) electrons. The Morgan fingerprint density at radius 1 is 1.11 bits per heavy atom. The molecular weight excluding hydrogens is 370 g/mol. The molecule has 7 heteroatoms. The van der Waals surface area contributed by atoms with Gasteiger partial charge in [-0.1, -0.05) is 0 Å². The van der Waals surface area contributed by atoms with Crippen molar-refractivity contribution in [3.63, 3.8) is 0 Å². The third-order valence-electron chi connectivity index (χ3n) is 2.50. The van der Waals surface area contributed by atoms with Crippen LogP contribution in [0.2, 0.25) is 0 Å². The first-order valence-corrected chi connectivity index (χ1v) is 6.38. The van der Waals surface area contributed by atoms with Crippen LogP contribution < -0.4 is 5.32 Å². The number of aromatic nitrogens is 2. The number of benzene rings is 1. The Balaban J connectivity index is 2.62. The molecule has 1 aromatic heterocycles. The van der Waals surface area contributed by atoms with Gasteiger partial charge >= 0.3 is 0 Å². The number of aryl methyl sites for hydroxylation is 1. The zero-order chi connectivity index (χ0) is 14.2. The lowest BCUT2D eigenvalue weighted by Gasteiger charge is -2.09. The number of nitrogens with zero attached hydrogens (tertiary/aromatic N) is 2. The van der Waals surface area contributed by atoms with Gasteiger partial charge in [0.2, 0.25) is 0 Å². The maximum atomic E-state index is 13.2. The minimum absolute atomic E-state index is 0.0902. The second kappa shape index (κ2) is 5.32. The molecule has 1 aromatic carbocycles. The largest absolute Gasteiger partial charge is 0.372 e. The predicted octanol–water partition coefficient (Wildman–Crippen LogP) is 3.52. The first kappa shape index (κ1) is 14.0. The summed E-state index contributed by atoms with van der Waals surface area (Å²) in [5.74, 6) is -3.34. The van der Waals surface area contributed by atoms with Gasteiger partial charge in [0.15, 0.2) is 23.3 Å². The second-order valence-electron chi connectivity index (χ2n) is 3.80. The lowest BCUT2D eigenvalue weighted by molar-refractivity contribution is 0.447. The van der Waals surface area contributed by atoms with E-state index in [9.17, 15) is 13.2 Å². The molecule has 1 N–H and O–H groups in total. The van der Waals surface area contributed by atoms with Crippen LogP contribution in [0.15, 0.2) is 12.1 Å². The Labute approximate surface area is 121 Å². The number of rotatable bonds is 2. The summed E-state index contributed by atoms with van der Waals surface area (Å²) >= 11 is 2.06. The van der Waals surface area contributed by atoms with Crippen molar-refractivity contribution in [1.29, 1.82) is 0 Å². The van der Waals surface area contributed by atoms with Crippen molar-refractivity contribution in [2.45, 2.75) is 6.92 Å². The second-order valence-corrected chi connectivity index (χ2v) is 4.88. The lowest BCUT2D eigenvalue weighted by Crippen LogP contribution is -2.03. The molecule has 0 amide bonds. The molecule has 0 saturated heterocycles. The summed E-state index contributed by atoms with van der Waals surface area (Å²) in [6, 6.07) is 1.75. The minimum atomic E-state index is -1.50. The molecular formula is C12H9F3IN3. The summed E-state index contributed by atoms with van der Waals surface area (Å²) in [7, 11) is 1.68. The molecule has 100 valence electrons. The summed E-state index contributed by atoms with van der Waals surface area (Å²) < 4.78 is 40.1. The van der Waals surface area contributed by atoms with Crippen LogP contribution in [0, 0.1) is 27.9 Å². The third-order valence-corrected chi connectivity index (χ3v) is 3.79. The van der Waals surface area contributed by atoms with Gasteiger partial charge < -0.3 is 5.32 Å². The molecule has 2 aromatic rings. The molecule has 1 heterocycles. The first-order chi connectivity index (χ1) is 8.93. The lowest BCUT2D eigenvalue weighted by atomic mass is 10.2. The molecule has 0 bridgehead atoms. The molecule has 0 fully saturated rings. The normalized spacial score (nSPS) is 10.6. The number of nitrogens with one attached hydrogen (secondary N) is 1. The minimum Gasteiger partial charge on any atom is -0.372 e. The van der Waals surface area contributed by atoms with Gasteiger partial charge in [-0.3, -0.25) is 0 Å². The van der Waals surface area contributed by atoms with Crippen LogP contribution in [0.1, 0.15) is 5.69 Å². The summed E-state index contributed by atoms with van der Waals surface area (Å²) in [6.07, 6.45) is 0. The van der Waals surface area contributed by atoms with Gasteiger partial charge in [0.25, 0.3) is 0 Å². The Kier molecular flexibility index (Phi) is 3.93. The van der Waals surface area contributed by atoms with Crippen molar-refractivity contribution in [3.05, 3.63) is 38.8 Å². The van der Waals surface area contributed by atoms with Crippen molar-refractivity contribution < 1.29 is 13.2 Å². The van der Waals surface area contributed by atoms with Crippen LogP contribution in [-0.4, -0.2) is 17.0 Å². The van der Waals surface area contributed by atoms with E-state index >= 15 is 0 Å². The number of hydrogen-bond donors (Lipinski definition) is 1. The van der Waals surface area contributed by atoms with E-state index in [4.69, 9.17) is 0 Å². The molecule has 3 nitrogen and oxygen atoms in total. The smallest absolute Gasteiger partial charge is 0.194 e. The predicted molar refractivity (Wildman–Crippen MR) is 74.3 cm³/mol. The maximum absolute atomic E-state index is 13.2. The van der Waals surface area contributed by atoms with Crippen LogP contribution in [0.25, 0.3) is 11.4 Å². The zero-order valence-corrected chi connectivity index (χ0v) is 12.2. The third kappa shape index (κ3) is 2.65. The van der Waals surface area contributed by atoms with Gasteiger partial charge in [-0.25, -0.2) is 23.1 Å². The quantitative estimate of drug-likeness (QED) is 0.641. The van der Waals surface area contributed by atoms with Gasteiger partial charge in [-0.15, -0.1) is 0 Å². The van der Waals surface area contributed by atoms with Crippen LogP contribution in [-0.2, 0) is 0 Å². The average Bonchev–Trinajstić information content (AvgIpc) is 2.38. The molecule has 0 atom stereocenters. The summed E-state index contributed by atoms with van der Waals surface area (Å²) in [5, 5.41) is 2.87. The Hall–Kier alpha value is -1.38. The fraction of sp³-hybridized carbons (Fsp3) is 0.167. The van der Waals surface area contributed by atoms with Gasteiger partial charge in [0.05, 0.1) is 9.26 Å². The number of anilines is 1. The summed E-state index contributed by atoms with van der Waals surface area (Å²) in [4.78, 5) is 8.30. The zero-order valence-electron chi connectivity index (χ0n) is 10.1. The number of halogens is 4. The van der Waals surface area contributed by atoms with Gasteiger partial charge in [0.1, 0.15) is 5.82 Å². The Bertz CT molecular complexity index is 623. The molecule has 0 aliphatic heterocycles. The average molecular weight is 379 g/mol. The van der Waals surface area contributed by atoms with Gasteiger partial charge in [-0.2, -0.15) is 0 Å². The van der Waals surface area contributed by atoms with Crippen molar-refractivity contribution in [2.75, 3.05) is 12.4 Å². The van der Waals surface area contributed by atoms with E-state index in [0.29, 0.717) is 11.5 Å². The molecule has 19 heavy (non-hydrogen) atoms. The summed E-state index contributed by atoms with van der Waals surface area (Å²) in [5.41, 5.74) is 0.757. The van der Waals surface area contributed by atoms with Crippen LogP contribution in [0.4, 0.5) is 19.0 Å². The highest BCUT2D eigenvalue weighted by Gasteiger charge is 2.15. The fourth-order valence-corrected chi connectivity index (χ4v) is 2.05. The molecule has 0 spiro atoms. The number of hydrogen-bond acceptors (Lipinski definition) is 3. The Morgan fingerprint density at radius 3 is 2.21 bits per heavy atom. The Morgan fingerprint density at radius 2 is 1.68 bits per heavy atom. The van der Waals surface area contributed by atoms with E-state index in [2.05, 4.69) is 37.9 Å². The van der Waals surface area contributed by atoms with E-state index in [1.165, 1.54) is 0 Å². The van der Waals surface area contributed by atoms with Gasteiger partial charge in [-0.05, 0) is 41.6 Å².